The Balaban J connectivity index is 2.60. The molecule has 0 aromatic heterocycles. The molecule has 0 heterocycles. The van der Waals surface area contributed by atoms with Gasteiger partial charge in [0.2, 0.25) is 0 Å². The summed E-state index contributed by atoms with van der Waals surface area (Å²) in [6, 6.07) is 7.42. The Labute approximate surface area is 90.0 Å². The van der Waals surface area contributed by atoms with E-state index in [0.717, 1.165) is 12.2 Å². The van der Waals surface area contributed by atoms with Crippen LogP contribution in [0.5, 0.6) is 5.75 Å². The highest BCUT2D eigenvalue weighted by atomic mass is 35.5. The lowest BCUT2D eigenvalue weighted by Gasteiger charge is -2.20. The Morgan fingerprint density at radius 1 is 1.50 bits per heavy atom. The molecule has 0 aliphatic carbocycles. The summed E-state index contributed by atoms with van der Waals surface area (Å²) in [5, 5.41) is 0.680. The quantitative estimate of drug-likeness (QED) is 0.835. The van der Waals surface area contributed by atoms with Crippen molar-refractivity contribution in [2.45, 2.75) is 32.4 Å². The minimum atomic E-state index is 0.0125. The van der Waals surface area contributed by atoms with Gasteiger partial charge in [-0.3, -0.25) is 0 Å². The Morgan fingerprint density at radius 2 is 2.21 bits per heavy atom. The highest BCUT2D eigenvalue weighted by Gasteiger charge is 2.11. The van der Waals surface area contributed by atoms with E-state index in [-0.39, 0.29) is 12.1 Å². The Kier molecular flexibility index (Phi) is 4.23. The van der Waals surface area contributed by atoms with Gasteiger partial charge in [0, 0.05) is 11.1 Å². The molecule has 3 heteroatoms. The first-order valence-electron chi connectivity index (χ1n) is 4.81. The van der Waals surface area contributed by atoms with E-state index in [4.69, 9.17) is 22.1 Å². The van der Waals surface area contributed by atoms with Crippen LogP contribution in [0.3, 0.4) is 0 Å². The molecule has 1 aromatic carbocycles. The maximum absolute atomic E-state index is 5.84. The molecule has 0 amide bonds. The molecule has 0 bridgehead atoms. The van der Waals surface area contributed by atoms with Crippen molar-refractivity contribution in [1.29, 1.82) is 0 Å². The number of hydrogen-bond acceptors (Lipinski definition) is 2. The van der Waals surface area contributed by atoms with Crippen LogP contribution in [0, 0.1) is 0 Å². The normalized spacial score (nSPS) is 14.9. The van der Waals surface area contributed by atoms with Crippen molar-refractivity contribution in [3.05, 3.63) is 29.3 Å². The molecule has 0 fully saturated rings. The molecule has 0 spiro atoms. The van der Waals surface area contributed by atoms with E-state index >= 15 is 0 Å². The smallest absolute Gasteiger partial charge is 0.121 e. The van der Waals surface area contributed by atoms with Crippen LogP contribution in [0.1, 0.15) is 20.3 Å². The first-order chi connectivity index (χ1) is 6.63. The predicted molar refractivity (Wildman–Crippen MR) is 59.8 cm³/mol. The van der Waals surface area contributed by atoms with Gasteiger partial charge in [-0.25, -0.2) is 0 Å². The molecule has 78 valence electrons. The third-order valence-corrected chi connectivity index (χ3v) is 2.43. The van der Waals surface area contributed by atoms with Crippen molar-refractivity contribution in [1.82, 2.24) is 0 Å². The second-order valence-electron chi connectivity index (χ2n) is 3.35. The second kappa shape index (κ2) is 5.23. The highest BCUT2D eigenvalue weighted by Crippen LogP contribution is 2.19. The lowest BCUT2D eigenvalue weighted by molar-refractivity contribution is 0.187. The summed E-state index contributed by atoms with van der Waals surface area (Å²) in [5.74, 6) is 0.772. The summed E-state index contributed by atoms with van der Waals surface area (Å²) in [4.78, 5) is 0. The van der Waals surface area contributed by atoms with E-state index in [1.54, 1.807) is 6.07 Å². The zero-order valence-corrected chi connectivity index (χ0v) is 9.29. The third-order valence-electron chi connectivity index (χ3n) is 2.19. The Bertz CT molecular complexity index is 290. The average Bonchev–Trinajstić information content (AvgIpc) is 2.16. The minimum absolute atomic E-state index is 0.0125. The summed E-state index contributed by atoms with van der Waals surface area (Å²) in [6.45, 7) is 4.01. The summed E-state index contributed by atoms with van der Waals surface area (Å²) in [7, 11) is 0. The number of benzene rings is 1. The molecule has 0 saturated heterocycles. The van der Waals surface area contributed by atoms with Crippen LogP contribution in [0.2, 0.25) is 5.02 Å². The van der Waals surface area contributed by atoms with Gasteiger partial charge < -0.3 is 10.5 Å². The number of rotatable bonds is 4. The van der Waals surface area contributed by atoms with E-state index in [9.17, 15) is 0 Å². The lowest BCUT2D eigenvalue weighted by atomic mass is 10.1. The van der Waals surface area contributed by atoms with E-state index in [0.29, 0.717) is 5.02 Å². The van der Waals surface area contributed by atoms with Crippen molar-refractivity contribution in [3.63, 3.8) is 0 Å². The van der Waals surface area contributed by atoms with Crippen molar-refractivity contribution in [3.8, 4) is 5.75 Å². The predicted octanol–water partition coefficient (Wildman–Crippen LogP) is 2.84. The second-order valence-corrected chi connectivity index (χ2v) is 3.79. The third kappa shape index (κ3) is 3.20. The van der Waals surface area contributed by atoms with Gasteiger partial charge in [0.15, 0.2) is 0 Å². The molecule has 2 nitrogen and oxygen atoms in total. The van der Waals surface area contributed by atoms with Crippen LogP contribution in [0.15, 0.2) is 24.3 Å². The van der Waals surface area contributed by atoms with Gasteiger partial charge in [-0.2, -0.15) is 0 Å². The van der Waals surface area contributed by atoms with Gasteiger partial charge >= 0.3 is 0 Å². The molecular weight excluding hydrogens is 198 g/mol. The largest absolute Gasteiger partial charge is 0.489 e. The summed E-state index contributed by atoms with van der Waals surface area (Å²) >= 11 is 5.83. The fraction of sp³-hybridized carbons (Fsp3) is 0.455. The molecule has 0 saturated carbocycles. The molecule has 1 aromatic rings. The van der Waals surface area contributed by atoms with Gasteiger partial charge in [-0.1, -0.05) is 24.6 Å². The molecule has 0 radical (unpaired) electrons. The molecule has 14 heavy (non-hydrogen) atoms. The van der Waals surface area contributed by atoms with E-state index in [2.05, 4.69) is 0 Å². The SMILES string of the molecule is CCC(N)C(C)Oc1cccc(Cl)c1. The Morgan fingerprint density at radius 3 is 2.79 bits per heavy atom. The lowest BCUT2D eigenvalue weighted by Crippen LogP contribution is -2.35. The number of halogens is 1. The fourth-order valence-electron chi connectivity index (χ4n) is 1.17. The molecule has 0 aliphatic rings. The minimum Gasteiger partial charge on any atom is -0.489 e. The number of ether oxygens (including phenoxy) is 1. The standard InChI is InChI=1S/C11H16ClNO/c1-3-11(13)8(2)14-10-6-4-5-9(12)7-10/h4-8,11H,3,13H2,1-2H3. The van der Waals surface area contributed by atoms with Gasteiger partial charge in [0.1, 0.15) is 11.9 Å². The molecule has 1 rings (SSSR count). The maximum Gasteiger partial charge on any atom is 0.121 e. The summed E-state index contributed by atoms with van der Waals surface area (Å²) in [5.41, 5.74) is 5.84. The van der Waals surface area contributed by atoms with Crippen molar-refractivity contribution in [2.75, 3.05) is 0 Å². The van der Waals surface area contributed by atoms with Gasteiger partial charge in [-0.05, 0) is 31.5 Å². The maximum atomic E-state index is 5.84. The average molecular weight is 214 g/mol. The van der Waals surface area contributed by atoms with Crippen molar-refractivity contribution >= 4 is 11.6 Å². The van der Waals surface area contributed by atoms with Gasteiger partial charge in [-0.15, -0.1) is 0 Å². The fourth-order valence-corrected chi connectivity index (χ4v) is 1.35. The van der Waals surface area contributed by atoms with Crippen molar-refractivity contribution in [2.24, 2.45) is 5.73 Å². The first kappa shape index (κ1) is 11.3. The highest BCUT2D eigenvalue weighted by molar-refractivity contribution is 6.30. The molecule has 0 aliphatic heterocycles. The molecular formula is C11H16ClNO. The first-order valence-corrected chi connectivity index (χ1v) is 5.19. The zero-order chi connectivity index (χ0) is 10.6. The van der Waals surface area contributed by atoms with E-state index in [1.807, 2.05) is 32.0 Å². The molecule has 2 atom stereocenters. The van der Waals surface area contributed by atoms with Crippen molar-refractivity contribution < 1.29 is 4.74 Å². The van der Waals surface area contributed by atoms with E-state index < -0.39 is 0 Å². The molecule has 2 unspecified atom stereocenters. The number of hydrogen-bond donors (Lipinski definition) is 1. The molecule has 2 N–H and O–H groups in total. The monoisotopic (exact) mass is 213 g/mol. The van der Waals surface area contributed by atoms with Crippen LogP contribution in [0.25, 0.3) is 0 Å². The summed E-state index contributed by atoms with van der Waals surface area (Å²) in [6.07, 6.45) is 0.917. The topological polar surface area (TPSA) is 35.2 Å². The van der Waals surface area contributed by atoms with Crippen LogP contribution in [-0.2, 0) is 0 Å². The van der Waals surface area contributed by atoms with Gasteiger partial charge in [0.25, 0.3) is 0 Å². The zero-order valence-electron chi connectivity index (χ0n) is 8.53. The van der Waals surface area contributed by atoms with Crippen LogP contribution in [-0.4, -0.2) is 12.1 Å². The van der Waals surface area contributed by atoms with Crippen LogP contribution >= 0.6 is 11.6 Å². The summed E-state index contributed by atoms with van der Waals surface area (Å²) < 4.78 is 5.64. The van der Waals surface area contributed by atoms with Crippen LogP contribution in [0.4, 0.5) is 0 Å². The van der Waals surface area contributed by atoms with Crippen LogP contribution < -0.4 is 10.5 Å². The Hall–Kier alpha value is -0.730. The number of nitrogens with two attached hydrogens (primary N) is 1. The van der Waals surface area contributed by atoms with Gasteiger partial charge in [0.05, 0.1) is 0 Å². The van der Waals surface area contributed by atoms with E-state index in [1.165, 1.54) is 0 Å².